The summed E-state index contributed by atoms with van der Waals surface area (Å²) in [6, 6.07) is 13.0. The highest BCUT2D eigenvalue weighted by atomic mass is 16.8. The lowest BCUT2D eigenvalue weighted by Crippen LogP contribution is -2.55. The highest BCUT2D eigenvalue weighted by molar-refractivity contribution is 6.03. The van der Waals surface area contributed by atoms with Crippen LogP contribution in [0.1, 0.15) is 38.0 Å². The lowest BCUT2D eigenvalue weighted by atomic mass is 10.0. The van der Waals surface area contributed by atoms with Gasteiger partial charge < -0.3 is 34.3 Å². The summed E-state index contributed by atoms with van der Waals surface area (Å²) >= 11 is 0. The van der Waals surface area contributed by atoms with Gasteiger partial charge in [0.2, 0.25) is 0 Å². The fraction of sp³-hybridized carbons (Fsp3) is 0.462. The van der Waals surface area contributed by atoms with Crippen molar-refractivity contribution >= 4 is 17.6 Å². The van der Waals surface area contributed by atoms with Gasteiger partial charge in [-0.25, -0.2) is 9.59 Å². The van der Waals surface area contributed by atoms with Gasteiger partial charge in [0.05, 0.1) is 19.3 Å². The van der Waals surface area contributed by atoms with Gasteiger partial charge in [0.25, 0.3) is 0 Å². The summed E-state index contributed by atoms with van der Waals surface area (Å²) in [6.07, 6.45) is -0.0312. The summed E-state index contributed by atoms with van der Waals surface area (Å²) in [5, 5.41) is 14.0. The molecular weight excluding hydrogens is 452 g/mol. The molecule has 2 unspecified atom stereocenters. The van der Waals surface area contributed by atoms with Gasteiger partial charge in [-0.1, -0.05) is 18.2 Å². The molecule has 9 nitrogen and oxygen atoms in total. The fourth-order valence-electron chi connectivity index (χ4n) is 3.74. The first-order valence-electron chi connectivity index (χ1n) is 11.7. The van der Waals surface area contributed by atoms with E-state index < -0.39 is 23.8 Å². The number of rotatable bonds is 11. The number of fused-ring (bicyclic) bond motifs is 1. The number of anilines is 1. The van der Waals surface area contributed by atoms with Crippen LogP contribution < -0.4 is 19.7 Å². The van der Waals surface area contributed by atoms with Crippen LogP contribution in [-0.2, 0) is 25.5 Å². The molecule has 9 heteroatoms. The van der Waals surface area contributed by atoms with Crippen molar-refractivity contribution in [3.8, 4) is 11.5 Å². The second-order valence-corrected chi connectivity index (χ2v) is 8.56. The van der Waals surface area contributed by atoms with Crippen LogP contribution in [0.2, 0.25) is 0 Å². The van der Waals surface area contributed by atoms with Crippen LogP contribution in [-0.4, -0.2) is 62.7 Å². The maximum Gasteiger partial charge on any atom is 0.453 e. The third-order valence-corrected chi connectivity index (χ3v) is 5.58. The zero-order chi connectivity index (χ0) is 25.6. The van der Waals surface area contributed by atoms with Crippen LogP contribution >= 0.6 is 0 Å². The molecule has 0 saturated heterocycles. The van der Waals surface area contributed by atoms with Crippen LogP contribution in [0.15, 0.2) is 42.5 Å². The van der Waals surface area contributed by atoms with E-state index in [9.17, 15) is 14.7 Å². The standard InChI is InChI=1S/C26H34N2O7/c1-6-32-24(30)26(25(31)33-7-2)34-22-12-11-18(14-23(22)35-26)13-17(3)27-16-21(29)19-9-8-10-20(15-19)28(4)5/h8-12,14-15,17,21,27,29H,6-7,13,16H2,1-5H3. The fourth-order valence-corrected chi connectivity index (χ4v) is 3.74. The third kappa shape index (κ3) is 6.04. The number of aliphatic hydroxyl groups excluding tert-OH is 1. The van der Waals surface area contributed by atoms with E-state index >= 15 is 0 Å². The summed E-state index contributed by atoms with van der Waals surface area (Å²) < 4.78 is 21.3. The van der Waals surface area contributed by atoms with Gasteiger partial charge in [-0.05, 0) is 62.6 Å². The van der Waals surface area contributed by atoms with Crippen molar-refractivity contribution in [2.24, 2.45) is 0 Å². The summed E-state index contributed by atoms with van der Waals surface area (Å²) in [5.74, 6) is -3.71. The smallest absolute Gasteiger partial charge is 0.453 e. The highest BCUT2D eigenvalue weighted by Crippen LogP contribution is 2.41. The van der Waals surface area contributed by atoms with Crippen molar-refractivity contribution in [1.82, 2.24) is 5.32 Å². The van der Waals surface area contributed by atoms with Gasteiger partial charge >= 0.3 is 17.7 Å². The van der Waals surface area contributed by atoms with Gasteiger partial charge in [0, 0.05) is 32.4 Å². The first kappa shape index (κ1) is 26.3. The Labute approximate surface area is 205 Å². The van der Waals surface area contributed by atoms with Crippen molar-refractivity contribution in [1.29, 1.82) is 0 Å². The predicted octanol–water partition coefficient (Wildman–Crippen LogP) is 2.60. The molecule has 0 amide bonds. The summed E-state index contributed by atoms with van der Waals surface area (Å²) in [7, 11) is 3.92. The Morgan fingerprint density at radius 2 is 1.69 bits per heavy atom. The number of ether oxygens (including phenoxy) is 4. The molecule has 2 aromatic rings. The van der Waals surface area contributed by atoms with E-state index in [2.05, 4.69) is 5.32 Å². The molecule has 0 radical (unpaired) electrons. The lowest BCUT2D eigenvalue weighted by molar-refractivity contribution is -0.202. The number of nitrogens with zero attached hydrogens (tertiary/aromatic N) is 1. The van der Waals surface area contributed by atoms with Crippen LogP contribution in [0.4, 0.5) is 5.69 Å². The van der Waals surface area contributed by atoms with Crippen LogP contribution in [0, 0.1) is 0 Å². The number of hydrogen-bond donors (Lipinski definition) is 2. The average Bonchev–Trinajstić information content (AvgIpc) is 3.23. The molecule has 1 aliphatic rings. The van der Waals surface area contributed by atoms with E-state index in [1.165, 1.54) is 0 Å². The van der Waals surface area contributed by atoms with Gasteiger partial charge in [-0.3, -0.25) is 0 Å². The second kappa shape index (κ2) is 11.4. The molecule has 0 saturated carbocycles. The largest absolute Gasteiger partial charge is 0.460 e. The van der Waals surface area contributed by atoms with E-state index in [1.807, 2.05) is 56.3 Å². The molecule has 2 atom stereocenters. The predicted molar refractivity (Wildman–Crippen MR) is 131 cm³/mol. The molecule has 2 aromatic carbocycles. The molecule has 1 aliphatic heterocycles. The Morgan fingerprint density at radius 3 is 2.31 bits per heavy atom. The van der Waals surface area contributed by atoms with Gasteiger partial charge in [-0.15, -0.1) is 0 Å². The number of nitrogens with one attached hydrogen (secondary N) is 1. The molecule has 0 fully saturated rings. The molecule has 3 rings (SSSR count). The minimum absolute atomic E-state index is 0.0296. The molecule has 190 valence electrons. The van der Waals surface area contributed by atoms with Crippen LogP contribution in [0.3, 0.4) is 0 Å². The summed E-state index contributed by atoms with van der Waals surface area (Å²) in [6.45, 7) is 5.76. The van der Waals surface area contributed by atoms with Crippen molar-refractivity contribution < 1.29 is 33.6 Å². The summed E-state index contributed by atoms with van der Waals surface area (Å²) in [4.78, 5) is 27.0. The maximum absolute atomic E-state index is 12.5. The Morgan fingerprint density at radius 1 is 1.03 bits per heavy atom. The molecule has 0 bridgehead atoms. The topological polar surface area (TPSA) is 107 Å². The number of carbonyl (C=O) groups is 2. The van der Waals surface area contributed by atoms with Crippen molar-refractivity contribution in [2.45, 2.75) is 45.1 Å². The number of hydrogen-bond acceptors (Lipinski definition) is 9. The Balaban J connectivity index is 1.64. The number of aliphatic hydroxyl groups is 1. The van der Waals surface area contributed by atoms with Crippen LogP contribution in [0.5, 0.6) is 11.5 Å². The molecule has 2 N–H and O–H groups in total. The first-order chi connectivity index (χ1) is 16.7. The normalized spacial score (nSPS) is 15.3. The number of benzene rings is 2. The minimum atomic E-state index is -2.30. The lowest BCUT2D eigenvalue weighted by Gasteiger charge is -2.22. The van der Waals surface area contributed by atoms with E-state index in [-0.39, 0.29) is 30.8 Å². The highest BCUT2D eigenvalue weighted by Gasteiger charge is 2.59. The zero-order valence-corrected chi connectivity index (χ0v) is 20.9. The van der Waals surface area contributed by atoms with Crippen molar-refractivity contribution in [3.05, 3.63) is 53.6 Å². The SMILES string of the molecule is CCOC(=O)C1(C(=O)OCC)Oc2ccc(CC(C)NCC(O)c3cccc(N(C)C)c3)cc2O1. The molecule has 0 spiro atoms. The molecule has 1 heterocycles. The van der Waals surface area contributed by atoms with Crippen molar-refractivity contribution in [3.63, 3.8) is 0 Å². The van der Waals surface area contributed by atoms with Gasteiger partial charge in [-0.2, -0.15) is 0 Å². The third-order valence-electron chi connectivity index (χ3n) is 5.58. The van der Waals surface area contributed by atoms with Gasteiger partial charge in [0.1, 0.15) is 0 Å². The van der Waals surface area contributed by atoms with E-state index in [0.717, 1.165) is 16.8 Å². The second-order valence-electron chi connectivity index (χ2n) is 8.56. The molecule has 35 heavy (non-hydrogen) atoms. The van der Waals surface area contributed by atoms with Gasteiger partial charge in [0.15, 0.2) is 11.5 Å². The van der Waals surface area contributed by atoms with Crippen LogP contribution in [0.25, 0.3) is 0 Å². The van der Waals surface area contributed by atoms with Crippen molar-refractivity contribution in [2.75, 3.05) is 38.8 Å². The quantitative estimate of drug-likeness (QED) is 0.366. The van der Waals surface area contributed by atoms with E-state index in [4.69, 9.17) is 18.9 Å². The minimum Gasteiger partial charge on any atom is -0.460 e. The Hall–Kier alpha value is -3.30. The Kier molecular flexibility index (Phi) is 8.58. The first-order valence-corrected chi connectivity index (χ1v) is 11.7. The molecule has 0 aromatic heterocycles. The average molecular weight is 487 g/mol. The number of esters is 2. The number of carbonyl (C=O) groups excluding carboxylic acids is 2. The zero-order valence-electron chi connectivity index (χ0n) is 20.9. The summed E-state index contributed by atoms with van der Waals surface area (Å²) in [5.41, 5.74) is 2.77. The Bertz CT molecular complexity index is 1020. The molecular formula is C26H34N2O7. The molecule has 0 aliphatic carbocycles. The monoisotopic (exact) mass is 486 g/mol. The van der Waals surface area contributed by atoms with E-state index in [0.29, 0.717) is 13.0 Å². The van der Waals surface area contributed by atoms with E-state index in [1.54, 1.807) is 26.0 Å². The maximum atomic E-state index is 12.5.